The maximum Gasteiger partial charge on any atom is 0.275 e. The lowest BCUT2D eigenvalue weighted by atomic mass is 10.2. The fourth-order valence-corrected chi connectivity index (χ4v) is 2.48. The van der Waals surface area contributed by atoms with Crippen molar-refractivity contribution in [3.63, 3.8) is 0 Å². The van der Waals surface area contributed by atoms with Crippen molar-refractivity contribution in [1.82, 2.24) is 9.97 Å². The van der Waals surface area contributed by atoms with E-state index in [0.717, 1.165) is 12.2 Å². The highest BCUT2D eigenvalue weighted by Gasteiger charge is 2.15. The van der Waals surface area contributed by atoms with Crippen molar-refractivity contribution in [2.45, 2.75) is 18.5 Å². The molecule has 0 aliphatic carbocycles. The van der Waals surface area contributed by atoms with E-state index in [0.29, 0.717) is 10.8 Å². The van der Waals surface area contributed by atoms with Crippen molar-refractivity contribution in [2.24, 2.45) is 0 Å². The molecule has 0 saturated heterocycles. The molecule has 0 radical (unpaired) electrons. The van der Waals surface area contributed by atoms with Crippen molar-refractivity contribution in [3.05, 3.63) is 51.3 Å². The first kappa shape index (κ1) is 17.2. The molecule has 2 rings (SSSR count). The van der Waals surface area contributed by atoms with Gasteiger partial charge in [-0.15, -0.1) is 0 Å². The number of aromatic nitrogens is 2. The van der Waals surface area contributed by atoms with Crippen LogP contribution in [0.2, 0.25) is 5.02 Å². The summed E-state index contributed by atoms with van der Waals surface area (Å²) >= 11 is 7.41. The van der Waals surface area contributed by atoms with Crippen molar-refractivity contribution in [1.29, 1.82) is 0 Å². The van der Waals surface area contributed by atoms with Gasteiger partial charge in [-0.2, -0.15) is 0 Å². The predicted octanol–water partition coefficient (Wildman–Crippen LogP) is 3.79. The van der Waals surface area contributed by atoms with Gasteiger partial charge in [-0.05, 0) is 18.6 Å². The van der Waals surface area contributed by atoms with Gasteiger partial charge in [0.2, 0.25) is 0 Å². The number of rotatable bonds is 6. The van der Waals surface area contributed by atoms with Crippen molar-refractivity contribution in [2.75, 3.05) is 11.1 Å². The number of halogens is 1. The van der Waals surface area contributed by atoms with E-state index in [4.69, 9.17) is 11.6 Å². The van der Waals surface area contributed by atoms with Crippen LogP contribution in [0, 0.1) is 10.1 Å². The Balaban J connectivity index is 2.14. The number of anilines is 1. The van der Waals surface area contributed by atoms with Gasteiger partial charge < -0.3 is 5.32 Å². The first-order valence-corrected chi connectivity index (χ1v) is 8.08. The molecule has 1 aromatic carbocycles. The highest BCUT2D eigenvalue weighted by atomic mass is 35.5. The summed E-state index contributed by atoms with van der Waals surface area (Å²) in [6, 6.07) is 5.50. The molecule has 0 bridgehead atoms. The first-order valence-electron chi connectivity index (χ1n) is 6.72. The third kappa shape index (κ3) is 4.64. The van der Waals surface area contributed by atoms with Crippen LogP contribution in [0.4, 0.5) is 11.4 Å². The van der Waals surface area contributed by atoms with Gasteiger partial charge in [0.15, 0.2) is 10.9 Å². The summed E-state index contributed by atoms with van der Waals surface area (Å²) in [5, 5.41) is 13.8. The van der Waals surface area contributed by atoms with Gasteiger partial charge in [0.1, 0.15) is 0 Å². The van der Waals surface area contributed by atoms with Crippen LogP contribution >= 0.6 is 23.4 Å². The molecule has 9 heteroatoms. The summed E-state index contributed by atoms with van der Waals surface area (Å²) in [6.07, 6.45) is 2.35. The number of hydrogen-bond donors (Lipinski definition) is 1. The number of amides is 1. The fraction of sp³-hybridized carbons (Fsp3) is 0.214. The zero-order valence-electron chi connectivity index (χ0n) is 12.2. The van der Waals surface area contributed by atoms with E-state index < -0.39 is 10.8 Å². The Bertz CT molecular complexity index is 724. The van der Waals surface area contributed by atoms with Crippen molar-refractivity contribution in [3.8, 4) is 0 Å². The number of nitrogens with zero attached hydrogens (tertiary/aromatic N) is 3. The molecule has 1 aromatic heterocycles. The Morgan fingerprint density at radius 2 is 2.09 bits per heavy atom. The van der Waals surface area contributed by atoms with E-state index in [1.165, 1.54) is 42.2 Å². The monoisotopic (exact) mass is 352 g/mol. The normalized spacial score (nSPS) is 10.3. The standard InChI is InChI=1S/C14H13ClN4O3S/c1-2-7-23-14-16-8-11(15)12(18-14)13(20)17-9-3-5-10(6-4-9)19(21)22/h3-6,8H,2,7H2,1H3,(H,17,20). The summed E-state index contributed by atoms with van der Waals surface area (Å²) in [7, 11) is 0. The maximum atomic E-state index is 12.3. The van der Waals surface area contributed by atoms with E-state index in [1.54, 1.807) is 0 Å². The molecule has 2 aromatic rings. The molecule has 0 unspecified atom stereocenters. The molecule has 0 fully saturated rings. The number of carbonyl (C=O) groups is 1. The third-order valence-electron chi connectivity index (χ3n) is 2.71. The number of non-ortho nitro benzene ring substituents is 1. The molecule has 23 heavy (non-hydrogen) atoms. The smallest absolute Gasteiger partial charge is 0.275 e. The van der Waals surface area contributed by atoms with Crippen LogP contribution in [-0.2, 0) is 0 Å². The van der Waals surface area contributed by atoms with Gasteiger partial charge in [0.05, 0.1) is 16.1 Å². The Labute approximate surface area is 141 Å². The van der Waals surface area contributed by atoms with Crippen LogP contribution < -0.4 is 5.32 Å². The average molecular weight is 353 g/mol. The highest BCUT2D eigenvalue weighted by Crippen LogP contribution is 2.21. The van der Waals surface area contributed by atoms with Gasteiger partial charge in [0, 0.05) is 23.6 Å². The molecule has 0 saturated carbocycles. The molecule has 0 spiro atoms. The lowest BCUT2D eigenvalue weighted by Crippen LogP contribution is -2.15. The molecule has 0 atom stereocenters. The van der Waals surface area contributed by atoms with Crippen LogP contribution in [0.3, 0.4) is 0 Å². The molecule has 7 nitrogen and oxygen atoms in total. The van der Waals surface area contributed by atoms with Gasteiger partial charge in [0.25, 0.3) is 11.6 Å². The average Bonchev–Trinajstić information content (AvgIpc) is 2.54. The van der Waals surface area contributed by atoms with Crippen LogP contribution in [0.1, 0.15) is 23.8 Å². The maximum absolute atomic E-state index is 12.3. The predicted molar refractivity (Wildman–Crippen MR) is 89.1 cm³/mol. The van der Waals surface area contributed by atoms with Gasteiger partial charge in [-0.3, -0.25) is 14.9 Å². The summed E-state index contributed by atoms with van der Waals surface area (Å²) in [5.74, 6) is 0.343. The molecular formula is C14H13ClN4O3S. The van der Waals surface area contributed by atoms with Gasteiger partial charge >= 0.3 is 0 Å². The van der Waals surface area contributed by atoms with Gasteiger partial charge in [-0.1, -0.05) is 30.3 Å². The number of nitrogens with one attached hydrogen (secondary N) is 1. The lowest BCUT2D eigenvalue weighted by molar-refractivity contribution is -0.384. The topological polar surface area (TPSA) is 98.0 Å². The minimum absolute atomic E-state index is 0.0543. The van der Waals surface area contributed by atoms with E-state index in [1.807, 2.05) is 6.92 Å². The highest BCUT2D eigenvalue weighted by molar-refractivity contribution is 7.99. The summed E-state index contributed by atoms with van der Waals surface area (Å²) in [6.45, 7) is 2.03. The quantitative estimate of drug-likeness (QED) is 0.367. The van der Waals surface area contributed by atoms with Crippen LogP contribution in [0.5, 0.6) is 0 Å². The molecule has 120 valence electrons. The second kappa shape index (κ2) is 7.89. The van der Waals surface area contributed by atoms with Crippen LogP contribution in [-0.4, -0.2) is 26.6 Å². The van der Waals surface area contributed by atoms with Crippen molar-refractivity contribution < 1.29 is 9.72 Å². The number of nitro benzene ring substituents is 1. The molecule has 1 amide bonds. The van der Waals surface area contributed by atoms with Crippen LogP contribution in [0.15, 0.2) is 35.6 Å². The van der Waals surface area contributed by atoms with E-state index in [-0.39, 0.29) is 16.4 Å². The summed E-state index contributed by atoms with van der Waals surface area (Å²) in [4.78, 5) is 30.6. The lowest BCUT2D eigenvalue weighted by Gasteiger charge is -2.07. The van der Waals surface area contributed by atoms with Gasteiger partial charge in [-0.25, -0.2) is 9.97 Å². The number of thioether (sulfide) groups is 1. The molecule has 1 N–H and O–H groups in total. The Morgan fingerprint density at radius 1 is 1.39 bits per heavy atom. The fourth-order valence-electron chi connectivity index (χ4n) is 1.63. The number of carbonyl (C=O) groups excluding carboxylic acids is 1. The Hall–Kier alpha value is -2.19. The second-order valence-electron chi connectivity index (χ2n) is 4.46. The SMILES string of the molecule is CCCSc1ncc(Cl)c(C(=O)Nc2ccc([N+](=O)[O-])cc2)n1. The first-order chi connectivity index (χ1) is 11.0. The number of benzene rings is 1. The van der Waals surface area contributed by atoms with E-state index >= 15 is 0 Å². The Morgan fingerprint density at radius 3 is 2.70 bits per heavy atom. The number of nitro groups is 1. The summed E-state index contributed by atoms with van der Waals surface area (Å²) < 4.78 is 0. The summed E-state index contributed by atoms with van der Waals surface area (Å²) in [5.41, 5.74) is 0.429. The molecular weight excluding hydrogens is 340 g/mol. The molecule has 1 heterocycles. The third-order valence-corrected chi connectivity index (χ3v) is 4.05. The van der Waals surface area contributed by atoms with Crippen molar-refractivity contribution >= 4 is 40.6 Å². The van der Waals surface area contributed by atoms with Crippen LogP contribution in [0.25, 0.3) is 0 Å². The zero-order chi connectivity index (χ0) is 16.8. The molecule has 0 aliphatic heterocycles. The largest absolute Gasteiger partial charge is 0.321 e. The van der Waals surface area contributed by atoms with E-state index in [2.05, 4.69) is 15.3 Å². The minimum Gasteiger partial charge on any atom is -0.321 e. The zero-order valence-corrected chi connectivity index (χ0v) is 13.7. The number of hydrogen-bond acceptors (Lipinski definition) is 6. The molecule has 0 aliphatic rings. The second-order valence-corrected chi connectivity index (χ2v) is 5.92. The Kier molecular flexibility index (Phi) is 5.89. The minimum atomic E-state index is -0.510. The van der Waals surface area contributed by atoms with E-state index in [9.17, 15) is 14.9 Å².